The highest BCUT2D eigenvalue weighted by atomic mass is 35.5. The molecule has 0 spiro atoms. The van der Waals surface area contributed by atoms with Crippen LogP contribution in [0.15, 0.2) is 4.90 Å². The number of benzene rings is 1. The first-order chi connectivity index (χ1) is 7.62. The van der Waals surface area contributed by atoms with Gasteiger partial charge in [0.15, 0.2) is 0 Å². The predicted octanol–water partition coefficient (Wildman–Crippen LogP) is 4.20. The van der Waals surface area contributed by atoms with Crippen LogP contribution >= 0.6 is 58.0 Å². The summed E-state index contributed by atoms with van der Waals surface area (Å²) in [6, 6.07) is 0. The summed E-state index contributed by atoms with van der Waals surface area (Å²) in [6.45, 7) is 0. The third kappa shape index (κ3) is 2.63. The highest BCUT2D eigenvalue weighted by Gasteiger charge is 2.29. The van der Waals surface area contributed by atoms with Crippen molar-refractivity contribution in [2.45, 2.75) is 4.90 Å². The number of rotatable bonds is 2. The summed E-state index contributed by atoms with van der Waals surface area (Å²) in [5, 5.41) is -0.883. The fourth-order valence-electron chi connectivity index (χ4n) is 0.994. The first kappa shape index (κ1) is 15.6. The van der Waals surface area contributed by atoms with Crippen LogP contribution in [0.25, 0.3) is 0 Å². The van der Waals surface area contributed by atoms with E-state index in [1.54, 1.807) is 0 Å². The molecule has 1 aromatic carbocycles. The van der Waals surface area contributed by atoms with Gasteiger partial charge in [-0.15, -0.1) is 0 Å². The topological polar surface area (TPSA) is 37.4 Å². The maximum Gasteiger partial charge on any atom is 0.245 e. The van der Waals surface area contributed by atoms with Crippen molar-refractivity contribution < 1.29 is 8.42 Å². The van der Waals surface area contributed by atoms with Gasteiger partial charge in [0.05, 0.1) is 25.1 Å². The summed E-state index contributed by atoms with van der Waals surface area (Å²) in [6.07, 6.45) is 0. The Bertz CT molecular complexity index is 541. The van der Waals surface area contributed by atoms with Gasteiger partial charge in [0.1, 0.15) is 4.90 Å². The van der Waals surface area contributed by atoms with Crippen LogP contribution in [0.3, 0.4) is 0 Å². The third-order valence-electron chi connectivity index (χ3n) is 1.91. The van der Waals surface area contributed by atoms with Gasteiger partial charge in [-0.3, -0.25) is 0 Å². The van der Waals surface area contributed by atoms with Crippen molar-refractivity contribution in [1.82, 2.24) is 4.31 Å². The van der Waals surface area contributed by atoms with E-state index in [2.05, 4.69) is 0 Å². The van der Waals surface area contributed by atoms with Crippen molar-refractivity contribution in [2.24, 2.45) is 0 Å². The minimum atomic E-state index is -3.86. The van der Waals surface area contributed by atoms with E-state index in [4.69, 9.17) is 58.0 Å². The third-order valence-corrected chi connectivity index (χ3v) is 6.29. The Labute approximate surface area is 124 Å². The molecule has 96 valence electrons. The maximum atomic E-state index is 12.0. The molecule has 0 heterocycles. The van der Waals surface area contributed by atoms with Crippen LogP contribution in [0.5, 0.6) is 0 Å². The summed E-state index contributed by atoms with van der Waals surface area (Å²) in [5.74, 6) is 0. The van der Waals surface area contributed by atoms with E-state index in [1.165, 1.54) is 14.1 Å². The molecule has 0 saturated carbocycles. The van der Waals surface area contributed by atoms with Gasteiger partial charge in [-0.25, -0.2) is 12.7 Å². The van der Waals surface area contributed by atoms with E-state index in [-0.39, 0.29) is 30.0 Å². The minimum Gasteiger partial charge on any atom is -0.207 e. The fraction of sp³-hybridized carbons (Fsp3) is 0.250. The molecule has 0 unspecified atom stereocenters. The number of sulfonamides is 1. The summed E-state index contributed by atoms with van der Waals surface area (Å²) >= 11 is 29.0. The van der Waals surface area contributed by atoms with Crippen LogP contribution in [0, 0.1) is 0 Å². The van der Waals surface area contributed by atoms with Gasteiger partial charge in [-0.1, -0.05) is 58.0 Å². The zero-order valence-corrected chi connectivity index (χ0v) is 13.2. The molecule has 17 heavy (non-hydrogen) atoms. The number of hydrogen-bond donors (Lipinski definition) is 0. The lowest BCUT2D eigenvalue weighted by atomic mass is 10.3. The first-order valence-electron chi connectivity index (χ1n) is 4.06. The van der Waals surface area contributed by atoms with E-state index in [9.17, 15) is 8.42 Å². The molecule has 0 aromatic heterocycles. The largest absolute Gasteiger partial charge is 0.245 e. The Morgan fingerprint density at radius 1 is 0.765 bits per heavy atom. The van der Waals surface area contributed by atoms with Crippen molar-refractivity contribution in [3.8, 4) is 0 Å². The standard InChI is InChI=1S/C8H6Cl5NO2S/c1-14(2)17(15,16)8-6(12)4(10)3(9)5(11)7(8)13/h1-2H3. The van der Waals surface area contributed by atoms with Crippen molar-refractivity contribution in [1.29, 1.82) is 0 Å². The van der Waals surface area contributed by atoms with Gasteiger partial charge in [-0.05, 0) is 0 Å². The molecule has 0 amide bonds. The second-order valence-electron chi connectivity index (χ2n) is 3.19. The molecule has 0 aliphatic rings. The molecule has 9 heteroatoms. The average molecular weight is 357 g/mol. The Balaban J connectivity index is 3.80. The lowest BCUT2D eigenvalue weighted by Gasteiger charge is -2.16. The highest BCUT2D eigenvalue weighted by Crippen LogP contribution is 2.46. The monoisotopic (exact) mass is 355 g/mol. The van der Waals surface area contributed by atoms with Crippen molar-refractivity contribution in [2.75, 3.05) is 14.1 Å². The molecule has 0 bridgehead atoms. The van der Waals surface area contributed by atoms with Crippen LogP contribution in [0.4, 0.5) is 0 Å². The number of hydrogen-bond acceptors (Lipinski definition) is 2. The fourth-order valence-corrected chi connectivity index (χ4v) is 3.85. The summed E-state index contributed by atoms with van der Waals surface area (Å²) in [7, 11) is -1.19. The first-order valence-corrected chi connectivity index (χ1v) is 7.39. The van der Waals surface area contributed by atoms with E-state index in [0.29, 0.717) is 0 Å². The van der Waals surface area contributed by atoms with Crippen LogP contribution in [0.2, 0.25) is 25.1 Å². The SMILES string of the molecule is CN(C)S(=O)(=O)c1c(Cl)c(Cl)c(Cl)c(Cl)c1Cl. The second-order valence-corrected chi connectivity index (χ2v) is 7.16. The molecule has 0 atom stereocenters. The number of halogens is 5. The summed E-state index contributed by atoms with van der Waals surface area (Å²) in [5.41, 5.74) is 0. The van der Waals surface area contributed by atoms with Gasteiger partial charge in [0.25, 0.3) is 0 Å². The van der Waals surface area contributed by atoms with E-state index >= 15 is 0 Å². The smallest absolute Gasteiger partial charge is 0.207 e. The van der Waals surface area contributed by atoms with Crippen LogP contribution in [0.1, 0.15) is 0 Å². The molecular weight excluding hydrogens is 351 g/mol. The average Bonchev–Trinajstić information content (AvgIpc) is 2.23. The highest BCUT2D eigenvalue weighted by molar-refractivity contribution is 7.89. The maximum absolute atomic E-state index is 12.0. The molecule has 0 radical (unpaired) electrons. The molecular formula is C8H6Cl5NO2S. The van der Waals surface area contributed by atoms with E-state index in [0.717, 1.165) is 4.31 Å². The molecule has 0 aliphatic heterocycles. The normalized spacial score (nSPS) is 12.2. The molecule has 3 nitrogen and oxygen atoms in total. The zero-order chi connectivity index (χ0) is 13.5. The van der Waals surface area contributed by atoms with Crippen LogP contribution in [-0.2, 0) is 10.0 Å². The molecule has 1 rings (SSSR count). The van der Waals surface area contributed by atoms with Gasteiger partial charge in [0, 0.05) is 14.1 Å². The van der Waals surface area contributed by atoms with Gasteiger partial charge < -0.3 is 0 Å². The molecule has 0 N–H and O–H groups in total. The number of nitrogens with zero attached hydrogens (tertiary/aromatic N) is 1. The molecule has 1 aromatic rings. The van der Waals surface area contributed by atoms with Gasteiger partial charge >= 0.3 is 0 Å². The Hall–Kier alpha value is 0.580. The summed E-state index contributed by atoms with van der Waals surface area (Å²) < 4.78 is 24.9. The minimum absolute atomic E-state index is 0.0824. The van der Waals surface area contributed by atoms with Crippen molar-refractivity contribution in [3.05, 3.63) is 25.1 Å². The van der Waals surface area contributed by atoms with Gasteiger partial charge in [-0.2, -0.15) is 0 Å². The molecule has 0 saturated heterocycles. The lowest BCUT2D eigenvalue weighted by molar-refractivity contribution is 0.521. The molecule has 0 fully saturated rings. The van der Waals surface area contributed by atoms with E-state index < -0.39 is 10.0 Å². The van der Waals surface area contributed by atoms with Crippen LogP contribution < -0.4 is 0 Å². The van der Waals surface area contributed by atoms with Crippen molar-refractivity contribution >= 4 is 68.0 Å². The predicted molar refractivity (Wildman–Crippen MR) is 72.4 cm³/mol. The van der Waals surface area contributed by atoms with E-state index in [1.807, 2.05) is 0 Å². The van der Waals surface area contributed by atoms with Gasteiger partial charge in [0.2, 0.25) is 10.0 Å². The van der Waals surface area contributed by atoms with Crippen molar-refractivity contribution in [3.63, 3.8) is 0 Å². The van der Waals surface area contributed by atoms with Crippen LogP contribution in [-0.4, -0.2) is 26.8 Å². The summed E-state index contributed by atoms with van der Waals surface area (Å²) in [4.78, 5) is -0.356. The lowest BCUT2D eigenvalue weighted by Crippen LogP contribution is -2.23. The Morgan fingerprint density at radius 2 is 1.06 bits per heavy atom. The molecule has 0 aliphatic carbocycles. The second kappa shape index (κ2) is 5.29. The quantitative estimate of drug-likeness (QED) is 0.587. The zero-order valence-electron chi connectivity index (χ0n) is 8.56. The Morgan fingerprint density at radius 3 is 1.35 bits per heavy atom. The Kier molecular flexibility index (Phi) is 4.87.